The lowest BCUT2D eigenvalue weighted by atomic mass is 10.1. The zero-order valence-corrected chi connectivity index (χ0v) is 11.8. The Hall–Kier alpha value is -1.04. The molecule has 4 nitrogen and oxygen atoms in total. The van der Waals surface area contributed by atoms with Crippen molar-refractivity contribution in [1.29, 1.82) is 0 Å². The number of nitrogens with two attached hydrogens (primary N) is 1. The number of nitrogens with one attached hydrogen (secondary N) is 1. The first-order valence-corrected chi connectivity index (χ1v) is 7.30. The van der Waals surface area contributed by atoms with Gasteiger partial charge in [-0.3, -0.25) is 10.2 Å². The third kappa shape index (κ3) is 5.53. The van der Waals surface area contributed by atoms with Gasteiger partial charge in [0.1, 0.15) is 0 Å². The molecule has 0 aromatic heterocycles. The Morgan fingerprint density at radius 2 is 1.94 bits per heavy atom. The van der Waals surface area contributed by atoms with Gasteiger partial charge >= 0.3 is 0 Å². The van der Waals surface area contributed by atoms with Crippen LogP contribution in [0.15, 0.2) is 24.3 Å². The van der Waals surface area contributed by atoms with Crippen LogP contribution in [-0.4, -0.2) is 36.4 Å². The number of hydrogen-bond donors (Lipinski definition) is 2. The summed E-state index contributed by atoms with van der Waals surface area (Å²) in [4.78, 5) is 13.4. The zero-order valence-electron chi connectivity index (χ0n) is 11.0. The largest absolute Gasteiger partial charge is 0.301 e. The Balaban J connectivity index is 2.47. The molecule has 0 heterocycles. The molecule has 1 aromatic rings. The van der Waals surface area contributed by atoms with Crippen LogP contribution in [0.5, 0.6) is 0 Å². The Kier molecular flexibility index (Phi) is 6.78. The summed E-state index contributed by atoms with van der Waals surface area (Å²) >= 11 is 1.85. The highest BCUT2D eigenvalue weighted by molar-refractivity contribution is 7.98. The molecule has 5 heteroatoms. The number of amides is 1. The lowest BCUT2D eigenvalue weighted by Gasteiger charge is -2.16. The molecule has 0 atom stereocenters. The molecule has 3 N–H and O–H groups in total. The summed E-state index contributed by atoms with van der Waals surface area (Å²) < 4.78 is 0. The van der Waals surface area contributed by atoms with Crippen LogP contribution in [0.25, 0.3) is 0 Å². The van der Waals surface area contributed by atoms with Crippen molar-refractivity contribution in [1.82, 2.24) is 10.3 Å². The predicted octanol–water partition coefficient (Wildman–Crippen LogP) is 1.01. The van der Waals surface area contributed by atoms with Gasteiger partial charge in [0.2, 0.25) is 5.91 Å². The Bertz CT molecular complexity index is 367. The maximum Gasteiger partial charge on any atom is 0.238 e. The minimum Gasteiger partial charge on any atom is -0.301 e. The van der Waals surface area contributed by atoms with Crippen LogP contribution in [0.3, 0.4) is 0 Å². The number of thioether (sulfide) groups is 1. The van der Waals surface area contributed by atoms with E-state index >= 15 is 0 Å². The molecule has 0 saturated carbocycles. The fourth-order valence-electron chi connectivity index (χ4n) is 1.64. The van der Waals surface area contributed by atoms with Crippen LogP contribution in [0, 0.1) is 0 Å². The van der Waals surface area contributed by atoms with E-state index in [2.05, 4.69) is 35.8 Å². The lowest BCUT2D eigenvalue weighted by molar-refractivity contribution is -0.120. The van der Waals surface area contributed by atoms with Crippen molar-refractivity contribution in [3.8, 4) is 0 Å². The van der Waals surface area contributed by atoms with Crippen molar-refractivity contribution < 1.29 is 4.79 Å². The standard InChI is InChI=1S/C13H21N3OS/c1-16(7-8-18-2)10-12-5-3-11(4-6-12)9-13(17)15-14/h3-6H,7-10,14H2,1-2H3,(H,15,17). The van der Waals surface area contributed by atoms with Crippen LogP contribution in [0.1, 0.15) is 11.1 Å². The monoisotopic (exact) mass is 267 g/mol. The van der Waals surface area contributed by atoms with E-state index in [1.165, 1.54) is 5.56 Å². The second-order valence-electron chi connectivity index (χ2n) is 4.29. The predicted molar refractivity (Wildman–Crippen MR) is 77.2 cm³/mol. The van der Waals surface area contributed by atoms with Gasteiger partial charge in [0.05, 0.1) is 6.42 Å². The van der Waals surface area contributed by atoms with E-state index in [9.17, 15) is 4.79 Å². The normalized spacial score (nSPS) is 10.7. The molecule has 1 aromatic carbocycles. The molecule has 1 rings (SSSR count). The summed E-state index contributed by atoms with van der Waals surface area (Å²) in [5.74, 6) is 6.03. The smallest absolute Gasteiger partial charge is 0.238 e. The maximum absolute atomic E-state index is 11.1. The van der Waals surface area contributed by atoms with E-state index in [-0.39, 0.29) is 5.91 Å². The molecule has 0 fully saturated rings. The minimum absolute atomic E-state index is 0.167. The van der Waals surface area contributed by atoms with Gasteiger partial charge in [-0.1, -0.05) is 24.3 Å². The molecule has 0 unspecified atom stereocenters. The van der Waals surface area contributed by atoms with Crippen molar-refractivity contribution in [3.63, 3.8) is 0 Å². The lowest BCUT2D eigenvalue weighted by Crippen LogP contribution is -2.31. The van der Waals surface area contributed by atoms with Crippen molar-refractivity contribution >= 4 is 17.7 Å². The summed E-state index contributed by atoms with van der Waals surface area (Å²) in [6, 6.07) is 8.09. The number of rotatable bonds is 7. The Morgan fingerprint density at radius 1 is 1.33 bits per heavy atom. The minimum atomic E-state index is -0.167. The van der Waals surface area contributed by atoms with Crippen molar-refractivity contribution in [2.75, 3.05) is 25.6 Å². The number of carbonyl (C=O) groups excluding carboxylic acids is 1. The third-order valence-electron chi connectivity index (χ3n) is 2.68. The number of nitrogens with zero attached hydrogens (tertiary/aromatic N) is 1. The fourth-order valence-corrected chi connectivity index (χ4v) is 2.13. The van der Waals surface area contributed by atoms with Gasteiger partial charge in [-0.15, -0.1) is 0 Å². The summed E-state index contributed by atoms with van der Waals surface area (Å²) in [7, 11) is 2.12. The number of benzene rings is 1. The average Bonchev–Trinajstić information content (AvgIpc) is 2.38. The second kappa shape index (κ2) is 8.13. The molecule has 1 amide bonds. The van der Waals surface area contributed by atoms with Crippen LogP contribution in [0.2, 0.25) is 0 Å². The second-order valence-corrected chi connectivity index (χ2v) is 5.28. The molecular weight excluding hydrogens is 246 g/mol. The summed E-state index contributed by atoms with van der Waals surface area (Å²) in [6.07, 6.45) is 2.45. The molecule has 0 aliphatic heterocycles. The van der Waals surface area contributed by atoms with E-state index in [0.717, 1.165) is 24.4 Å². The van der Waals surface area contributed by atoms with E-state index in [4.69, 9.17) is 5.84 Å². The number of hydrogen-bond acceptors (Lipinski definition) is 4. The molecule has 0 radical (unpaired) electrons. The van der Waals surface area contributed by atoms with Gasteiger partial charge in [-0.25, -0.2) is 5.84 Å². The fraction of sp³-hybridized carbons (Fsp3) is 0.462. The van der Waals surface area contributed by atoms with Crippen molar-refractivity contribution in [2.45, 2.75) is 13.0 Å². The van der Waals surface area contributed by atoms with E-state index in [0.29, 0.717) is 6.42 Å². The van der Waals surface area contributed by atoms with Crippen molar-refractivity contribution in [2.24, 2.45) is 5.84 Å². The van der Waals surface area contributed by atoms with Crippen LogP contribution >= 0.6 is 11.8 Å². The van der Waals surface area contributed by atoms with Gasteiger partial charge in [-0.05, 0) is 24.4 Å². The molecule has 0 aliphatic rings. The first-order chi connectivity index (χ1) is 8.65. The molecule has 18 heavy (non-hydrogen) atoms. The zero-order chi connectivity index (χ0) is 13.4. The van der Waals surface area contributed by atoms with E-state index in [1.54, 1.807) is 0 Å². The first kappa shape index (κ1) is 15.0. The highest BCUT2D eigenvalue weighted by Gasteiger charge is 2.03. The number of carbonyl (C=O) groups is 1. The SMILES string of the molecule is CSCCN(C)Cc1ccc(CC(=O)NN)cc1. The van der Waals surface area contributed by atoms with Crippen LogP contribution < -0.4 is 11.3 Å². The van der Waals surface area contributed by atoms with Gasteiger partial charge < -0.3 is 4.90 Å². The highest BCUT2D eigenvalue weighted by atomic mass is 32.2. The topological polar surface area (TPSA) is 58.4 Å². The molecule has 100 valence electrons. The molecular formula is C13H21N3OS. The van der Waals surface area contributed by atoms with E-state index in [1.807, 2.05) is 23.9 Å². The Morgan fingerprint density at radius 3 is 2.50 bits per heavy atom. The van der Waals surface area contributed by atoms with Gasteiger partial charge in [0, 0.05) is 18.8 Å². The van der Waals surface area contributed by atoms with Crippen LogP contribution in [0.4, 0.5) is 0 Å². The summed E-state index contributed by atoms with van der Waals surface area (Å²) in [5, 5.41) is 0. The molecule has 0 aliphatic carbocycles. The van der Waals surface area contributed by atoms with Gasteiger partial charge in [0.15, 0.2) is 0 Å². The first-order valence-electron chi connectivity index (χ1n) is 5.90. The summed E-state index contributed by atoms with van der Waals surface area (Å²) in [6.45, 7) is 2.02. The van der Waals surface area contributed by atoms with Gasteiger partial charge in [0.25, 0.3) is 0 Å². The quantitative estimate of drug-likeness (QED) is 0.440. The van der Waals surface area contributed by atoms with E-state index < -0.39 is 0 Å². The third-order valence-corrected chi connectivity index (χ3v) is 3.27. The summed E-state index contributed by atoms with van der Waals surface area (Å²) in [5.41, 5.74) is 4.37. The van der Waals surface area contributed by atoms with Crippen LogP contribution in [-0.2, 0) is 17.8 Å². The maximum atomic E-state index is 11.1. The number of hydrazine groups is 1. The molecule has 0 spiro atoms. The highest BCUT2D eigenvalue weighted by Crippen LogP contribution is 2.08. The molecule has 0 saturated heterocycles. The van der Waals surface area contributed by atoms with Crippen molar-refractivity contribution in [3.05, 3.63) is 35.4 Å². The molecule has 0 bridgehead atoms. The Labute approximate surface area is 113 Å². The van der Waals surface area contributed by atoms with Gasteiger partial charge in [-0.2, -0.15) is 11.8 Å². The average molecular weight is 267 g/mol.